The maximum Gasteiger partial charge on any atom is 0.417 e. The van der Waals surface area contributed by atoms with E-state index in [9.17, 15) is 27.2 Å². The van der Waals surface area contributed by atoms with Crippen molar-refractivity contribution in [3.8, 4) is 6.07 Å². The molecule has 26 heavy (non-hydrogen) atoms. The number of anilines is 1. The van der Waals surface area contributed by atoms with Crippen molar-refractivity contribution in [2.24, 2.45) is 0 Å². The van der Waals surface area contributed by atoms with Crippen LogP contribution in [0.15, 0.2) is 42.5 Å². The lowest BCUT2D eigenvalue weighted by Gasteiger charge is -2.12. The molecular formula is C17H11F4N3O2. The number of amides is 2. The number of nitrogens with zero attached hydrogens (tertiary/aromatic N) is 1. The third kappa shape index (κ3) is 4.80. The molecule has 0 radical (unpaired) electrons. The molecule has 0 saturated carbocycles. The largest absolute Gasteiger partial charge is 0.417 e. The third-order valence-electron chi connectivity index (χ3n) is 3.28. The summed E-state index contributed by atoms with van der Waals surface area (Å²) in [7, 11) is 0. The van der Waals surface area contributed by atoms with Crippen LogP contribution in [0.4, 0.5) is 28.0 Å². The lowest BCUT2D eigenvalue weighted by molar-refractivity contribution is -0.137. The van der Waals surface area contributed by atoms with Gasteiger partial charge in [-0.15, -0.1) is 0 Å². The first-order valence-corrected chi connectivity index (χ1v) is 7.15. The minimum atomic E-state index is -4.75. The second-order valence-electron chi connectivity index (χ2n) is 5.11. The Morgan fingerprint density at radius 3 is 2.31 bits per heavy atom. The molecule has 2 amide bonds. The molecule has 0 bridgehead atoms. The number of carbonyl (C=O) groups is 2. The van der Waals surface area contributed by atoms with Crippen molar-refractivity contribution in [2.45, 2.75) is 6.18 Å². The lowest BCUT2D eigenvalue weighted by Crippen LogP contribution is -2.33. The zero-order valence-corrected chi connectivity index (χ0v) is 13.0. The monoisotopic (exact) mass is 365 g/mol. The normalized spacial score (nSPS) is 10.7. The molecule has 0 saturated heterocycles. The van der Waals surface area contributed by atoms with E-state index in [-0.39, 0.29) is 11.3 Å². The molecule has 0 heterocycles. The highest BCUT2D eigenvalue weighted by molar-refractivity contribution is 6.00. The number of nitriles is 1. The van der Waals surface area contributed by atoms with Gasteiger partial charge in [0.25, 0.3) is 0 Å². The van der Waals surface area contributed by atoms with E-state index in [1.54, 1.807) is 0 Å². The molecule has 9 heteroatoms. The zero-order chi connectivity index (χ0) is 19.3. The van der Waals surface area contributed by atoms with Crippen molar-refractivity contribution in [3.05, 3.63) is 65.0 Å². The van der Waals surface area contributed by atoms with E-state index < -0.39 is 41.5 Å². The number of hydrogen-bond acceptors (Lipinski definition) is 3. The molecule has 2 rings (SSSR count). The minimum absolute atomic E-state index is 0.171. The highest BCUT2D eigenvalue weighted by Gasteiger charge is 2.33. The van der Waals surface area contributed by atoms with E-state index in [4.69, 9.17) is 5.26 Å². The summed E-state index contributed by atoms with van der Waals surface area (Å²) in [6, 6.07) is 7.87. The average Bonchev–Trinajstić information content (AvgIpc) is 2.59. The van der Waals surface area contributed by atoms with Gasteiger partial charge < -0.3 is 10.6 Å². The Bertz CT molecular complexity index is 871. The predicted octanol–water partition coefficient (Wildman–Crippen LogP) is 3.72. The van der Waals surface area contributed by atoms with Crippen molar-refractivity contribution < 1.29 is 27.2 Å². The van der Waals surface area contributed by atoms with Crippen LogP contribution in [-0.4, -0.2) is 18.4 Å². The summed E-state index contributed by atoms with van der Waals surface area (Å²) in [5, 5.41) is 13.1. The molecule has 0 fully saturated rings. The Hall–Kier alpha value is -3.41. The first-order chi connectivity index (χ1) is 12.2. The van der Waals surface area contributed by atoms with Gasteiger partial charge in [-0.2, -0.15) is 18.4 Å². The smallest absolute Gasteiger partial charge is 0.330 e. The average molecular weight is 365 g/mol. The fraction of sp³-hybridized carbons (Fsp3) is 0.118. The van der Waals surface area contributed by atoms with Gasteiger partial charge in [0, 0.05) is 11.3 Å². The predicted molar refractivity (Wildman–Crippen MR) is 83.9 cm³/mol. The van der Waals surface area contributed by atoms with Crippen LogP contribution in [0.25, 0.3) is 0 Å². The van der Waals surface area contributed by atoms with Crippen LogP contribution in [0.2, 0.25) is 0 Å². The summed E-state index contributed by atoms with van der Waals surface area (Å²) in [4.78, 5) is 23.6. The van der Waals surface area contributed by atoms with Crippen molar-refractivity contribution in [1.82, 2.24) is 5.32 Å². The summed E-state index contributed by atoms with van der Waals surface area (Å²) in [6.07, 6.45) is -4.75. The van der Waals surface area contributed by atoms with Gasteiger partial charge in [0.15, 0.2) is 5.78 Å². The molecule has 0 spiro atoms. The number of halogens is 4. The number of ketones is 1. The van der Waals surface area contributed by atoms with Gasteiger partial charge in [-0.1, -0.05) is 0 Å². The van der Waals surface area contributed by atoms with E-state index in [0.717, 1.165) is 24.3 Å². The third-order valence-corrected chi connectivity index (χ3v) is 3.28. The first kappa shape index (κ1) is 18.9. The van der Waals surface area contributed by atoms with Crippen LogP contribution in [0.1, 0.15) is 21.5 Å². The van der Waals surface area contributed by atoms with Crippen LogP contribution >= 0.6 is 0 Å². The number of hydrogen-bond donors (Lipinski definition) is 2. The molecule has 5 nitrogen and oxygen atoms in total. The minimum Gasteiger partial charge on any atom is -0.330 e. The number of alkyl halides is 3. The van der Waals surface area contributed by atoms with Crippen LogP contribution < -0.4 is 10.6 Å². The Kier molecular flexibility index (Phi) is 5.57. The van der Waals surface area contributed by atoms with Gasteiger partial charge in [0.1, 0.15) is 5.82 Å². The highest BCUT2D eigenvalue weighted by Crippen LogP contribution is 2.33. The number of rotatable bonds is 4. The van der Waals surface area contributed by atoms with Gasteiger partial charge >= 0.3 is 12.2 Å². The quantitative estimate of drug-likeness (QED) is 0.640. The Balaban J connectivity index is 2.01. The molecular weight excluding hydrogens is 354 g/mol. The van der Waals surface area contributed by atoms with E-state index >= 15 is 0 Å². The van der Waals surface area contributed by atoms with Crippen molar-refractivity contribution in [2.75, 3.05) is 11.9 Å². The number of Topliss-reactive ketones (excluding diaryl/α,β-unsaturated/α-hetero) is 1. The van der Waals surface area contributed by atoms with Crippen molar-refractivity contribution in [3.63, 3.8) is 0 Å². The fourth-order valence-electron chi connectivity index (χ4n) is 2.03. The maximum absolute atomic E-state index is 12.9. The van der Waals surface area contributed by atoms with Gasteiger partial charge in [-0.25, -0.2) is 9.18 Å². The van der Waals surface area contributed by atoms with E-state index in [1.807, 2.05) is 0 Å². The standard InChI is InChI=1S/C17H11F4N3O2/c18-12-4-1-10(2-5-12)15(25)9-23-16(26)24-13-6-3-11(8-22)14(7-13)17(19,20)21/h1-7H,9H2,(H2,23,24,26). The zero-order valence-electron chi connectivity index (χ0n) is 13.0. The van der Waals surface area contributed by atoms with Gasteiger partial charge in [-0.05, 0) is 42.5 Å². The molecule has 134 valence electrons. The first-order valence-electron chi connectivity index (χ1n) is 7.15. The van der Waals surface area contributed by atoms with Crippen LogP contribution in [-0.2, 0) is 6.18 Å². The second kappa shape index (κ2) is 7.65. The summed E-state index contributed by atoms with van der Waals surface area (Å²) in [5.74, 6) is -1.02. The van der Waals surface area contributed by atoms with E-state index in [2.05, 4.69) is 10.6 Å². The maximum atomic E-state index is 12.9. The topological polar surface area (TPSA) is 82.0 Å². The molecule has 0 aliphatic heterocycles. The summed E-state index contributed by atoms with van der Waals surface area (Å²) >= 11 is 0. The van der Waals surface area contributed by atoms with E-state index in [0.29, 0.717) is 6.07 Å². The Morgan fingerprint density at radius 2 is 1.73 bits per heavy atom. The Labute approximate surface area is 145 Å². The van der Waals surface area contributed by atoms with Crippen LogP contribution in [0, 0.1) is 17.1 Å². The second-order valence-corrected chi connectivity index (χ2v) is 5.11. The summed E-state index contributed by atoms with van der Waals surface area (Å²) < 4.78 is 51.4. The van der Waals surface area contributed by atoms with Crippen LogP contribution in [0.5, 0.6) is 0 Å². The Morgan fingerprint density at radius 1 is 1.08 bits per heavy atom. The number of benzene rings is 2. The molecule has 0 aliphatic carbocycles. The van der Waals surface area contributed by atoms with Gasteiger partial charge in [0.05, 0.1) is 23.7 Å². The van der Waals surface area contributed by atoms with Crippen molar-refractivity contribution >= 4 is 17.5 Å². The van der Waals surface area contributed by atoms with E-state index in [1.165, 1.54) is 18.2 Å². The highest BCUT2D eigenvalue weighted by atomic mass is 19.4. The molecule has 2 aromatic carbocycles. The number of urea groups is 1. The van der Waals surface area contributed by atoms with Crippen LogP contribution in [0.3, 0.4) is 0 Å². The summed E-state index contributed by atoms with van der Waals surface area (Å²) in [6.45, 7) is -0.431. The number of carbonyl (C=O) groups excluding carboxylic acids is 2. The van der Waals surface area contributed by atoms with Crippen molar-refractivity contribution in [1.29, 1.82) is 5.26 Å². The fourth-order valence-corrected chi connectivity index (χ4v) is 2.03. The molecule has 2 aromatic rings. The SMILES string of the molecule is N#Cc1ccc(NC(=O)NCC(=O)c2ccc(F)cc2)cc1C(F)(F)F. The molecule has 0 unspecified atom stereocenters. The number of nitrogens with one attached hydrogen (secondary N) is 2. The molecule has 0 aromatic heterocycles. The molecule has 0 atom stereocenters. The summed E-state index contributed by atoms with van der Waals surface area (Å²) in [5.41, 5.74) is -1.78. The van der Waals surface area contributed by atoms with Gasteiger partial charge in [-0.3, -0.25) is 4.79 Å². The molecule has 0 aliphatic rings. The van der Waals surface area contributed by atoms with Gasteiger partial charge in [0.2, 0.25) is 0 Å². The lowest BCUT2D eigenvalue weighted by atomic mass is 10.1. The molecule has 2 N–H and O–H groups in total.